The Hall–Kier alpha value is -2.70. The van der Waals surface area contributed by atoms with Crippen LogP contribution in [-0.2, 0) is 19.1 Å². The van der Waals surface area contributed by atoms with Gasteiger partial charge in [-0.2, -0.15) is 0 Å². The maximum Gasteiger partial charge on any atom is 0.418 e. The molecule has 1 saturated heterocycles. The van der Waals surface area contributed by atoms with Crippen LogP contribution in [-0.4, -0.2) is 46.6 Å². The van der Waals surface area contributed by atoms with Crippen LogP contribution in [0, 0.1) is 0 Å². The van der Waals surface area contributed by atoms with Crippen molar-refractivity contribution in [2.45, 2.75) is 38.8 Å². The molecule has 24 heavy (non-hydrogen) atoms. The van der Waals surface area contributed by atoms with Gasteiger partial charge >= 0.3 is 12.1 Å². The topological polar surface area (TPSA) is 85.8 Å². The summed E-state index contributed by atoms with van der Waals surface area (Å²) in [5.41, 5.74) is 0.0799. The quantitative estimate of drug-likeness (QED) is 0.609. The maximum absolute atomic E-state index is 12.6. The fraction of sp³-hybridized carbons (Fsp3) is 0.412. The minimum absolute atomic E-state index is 0.0569. The van der Waals surface area contributed by atoms with Gasteiger partial charge in [-0.3, -0.25) is 9.78 Å². The molecule has 1 aliphatic heterocycles. The van der Waals surface area contributed by atoms with Crippen molar-refractivity contribution in [2.75, 3.05) is 7.11 Å². The number of aromatic nitrogens is 1. The third-order valence-electron chi connectivity index (χ3n) is 3.29. The molecule has 2 amide bonds. The van der Waals surface area contributed by atoms with Crippen molar-refractivity contribution >= 4 is 24.0 Å². The molecule has 0 unspecified atom stereocenters. The average molecular weight is 332 g/mol. The van der Waals surface area contributed by atoms with Gasteiger partial charge in [0, 0.05) is 18.2 Å². The molecule has 1 aromatic rings. The summed E-state index contributed by atoms with van der Waals surface area (Å²) in [6, 6.07) is 4.22. The summed E-state index contributed by atoms with van der Waals surface area (Å²) in [6.45, 7) is 5.05. The Kier molecular flexibility index (Phi) is 5.02. The fourth-order valence-electron chi connectivity index (χ4n) is 2.29. The standard InChI is InChI=1S/C17H20N2O5/c1-17(2,3)24-16(22)19-13(15(21)23-4)10-11(14(19)20)9-12-7-5-6-8-18-12/h5-9,13H,10H2,1-4H3/t13-/m0/s1. The number of methoxy groups -OCH3 is 1. The SMILES string of the molecule is COC(=O)[C@@H]1CC(=Cc2ccccn2)C(=O)N1C(=O)OC(C)(C)C. The molecule has 2 rings (SSSR count). The van der Waals surface area contributed by atoms with Crippen LogP contribution in [0.1, 0.15) is 32.9 Å². The molecule has 0 bridgehead atoms. The van der Waals surface area contributed by atoms with Crippen molar-refractivity contribution in [1.29, 1.82) is 0 Å². The number of rotatable bonds is 2. The van der Waals surface area contributed by atoms with Gasteiger partial charge in [-0.1, -0.05) is 6.07 Å². The van der Waals surface area contributed by atoms with E-state index in [0.717, 1.165) is 4.90 Å². The van der Waals surface area contributed by atoms with Crippen LogP contribution in [0.3, 0.4) is 0 Å². The number of carbonyl (C=O) groups excluding carboxylic acids is 3. The van der Waals surface area contributed by atoms with Gasteiger partial charge in [-0.05, 0) is 39.0 Å². The average Bonchev–Trinajstić information content (AvgIpc) is 2.83. The maximum atomic E-state index is 12.6. The first-order chi connectivity index (χ1) is 11.2. The van der Waals surface area contributed by atoms with Crippen molar-refractivity contribution in [3.8, 4) is 0 Å². The number of pyridine rings is 1. The van der Waals surface area contributed by atoms with Gasteiger partial charge < -0.3 is 9.47 Å². The second-order valence-electron chi connectivity index (χ2n) is 6.32. The molecule has 1 aromatic heterocycles. The zero-order valence-electron chi connectivity index (χ0n) is 14.1. The highest BCUT2D eigenvalue weighted by molar-refractivity contribution is 6.10. The summed E-state index contributed by atoms with van der Waals surface area (Å²) in [4.78, 5) is 41.8. The molecular formula is C17H20N2O5. The predicted octanol–water partition coefficient (Wildman–Crippen LogP) is 2.17. The first kappa shape index (κ1) is 17.7. The lowest BCUT2D eigenvalue weighted by Crippen LogP contribution is -2.45. The molecule has 0 radical (unpaired) electrons. The Morgan fingerprint density at radius 3 is 2.58 bits per heavy atom. The highest BCUT2D eigenvalue weighted by atomic mass is 16.6. The van der Waals surface area contributed by atoms with E-state index in [-0.39, 0.29) is 6.42 Å². The van der Waals surface area contributed by atoms with Crippen LogP contribution < -0.4 is 0 Å². The Balaban J connectivity index is 2.33. The first-order valence-corrected chi connectivity index (χ1v) is 7.49. The van der Waals surface area contributed by atoms with Gasteiger partial charge in [0.1, 0.15) is 11.6 Å². The number of esters is 1. The molecule has 0 N–H and O–H groups in total. The fourth-order valence-corrected chi connectivity index (χ4v) is 2.29. The van der Waals surface area contributed by atoms with E-state index in [1.807, 2.05) is 0 Å². The number of ether oxygens (including phenoxy) is 2. The lowest BCUT2D eigenvalue weighted by Gasteiger charge is -2.25. The summed E-state index contributed by atoms with van der Waals surface area (Å²) < 4.78 is 9.94. The third-order valence-corrected chi connectivity index (χ3v) is 3.29. The van der Waals surface area contributed by atoms with Crippen LogP contribution in [0.25, 0.3) is 6.08 Å². The summed E-state index contributed by atoms with van der Waals surface area (Å²) >= 11 is 0. The van der Waals surface area contributed by atoms with E-state index in [9.17, 15) is 14.4 Å². The van der Waals surface area contributed by atoms with E-state index in [1.54, 1.807) is 51.2 Å². The summed E-state index contributed by atoms with van der Waals surface area (Å²) in [5, 5.41) is 0. The van der Waals surface area contributed by atoms with Crippen LogP contribution >= 0.6 is 0 Å². The van der Waals surface area contributed by atoms with Gasteiger partial charge in [0.05, 0.1) is 12.8 Å². The normalized spacial score (nSPS) is 19.5. The van der Waals surface area contributed by atoms with E-state index in [2.05, 4.69) is 4.98 Å². The second-order valence-corrected chi connectivity index (χ2v) is 6.32. The summed E-state index contributed by atoms with van der Waals surface area (Å²) in [7, 11) is 1.21. The summed E-state index contributed by atoms with van der Waals surface area (Å²) in [5.74, 6) is -1.25. The Bertz CT molecular complexity index is 676. The molecule has 0 saturated carbocycles. The minimum atomic E-state index is -1.03. The number of likely N-dealkylation sites (tertiary alicyclic amines) is 1. The number of hydrogen-bond acceptors (Lipinski definition) is 6. The molecule has 1 atom stereocenters. The molecule has 2 heterocycles. The highest BCUT2D eigenvalue weighted by Crippen LogP contribution is 2.28. The largest absolute Gasteiger partial charge is 0.467 e. The highest BCUT2D eigenvalue weighted by Gasteiger charge is 2.46. The number of hydrogen-bond donors (Lipinski definition) is 0. The Morgan fingerprint density at radius 2 is 2.04 bits per heavy atom. The zero-order valence-corrected chi connectivity index (χ0v) is 14.1. The molecule has 128 valence electrons. The molecule has 1 aliphatic rings. The van der Waals surface area contributed by atoms with E-state index in [1.165, 1.54) is 7.11 Å². The van der Waals surface area contributed by atoms with Crippen LogP contribution in [0.2, 0.25) is 0 Å². The van der Waals surface area contributed by atoms with Crippen molar-refractivity contribution in [3.05, 3.63) is 35.7 Å². The smallest absolute Gasteiger partial charge is 0.418 e. The molecule has 1 fully saturated rings. The van der Waals surface area contributed by atoms with E-state index < -0.39 is 29.6 Å². The van der Waals surface area contributed by atoms with Crippen molar-refractivity contribution in [2.24, 2.45) is 0 Å². The minimum Gasteiger partial charge on any atom is -0.467 e. The van der Waals surface area contributed by atoms with Crippen molar-refractivity contribution in [3.63, 3.8) is 0 Å². The lowest BCUT2D eigenvalue weighted by atomic mass is 10.1. The molecule has 0 spiro atoms. The van der Waals surface area contributed by atoms with E-state index >= 15 is 0 Å². The van der Waals surface area contributed by atoms with Gasteiger partial charge in [0.15, 0.2) is 0 Å². The van der Waals surface area contributed by atoms with Gasteiger partial charge in [0.25, 0.3) is 5.91 Å². The number of amides is 2. The van der Waals surface area contributed by atoms with Gasteiger partial charge in [-0.25, -0.2) is 14.5 Å². The predicted molar refractivity (Wildman–Crippen MR) is 85.7 cm³/mol. The van der Waals surface area contributed by atoms with Gasteiger partial charge in [-0.15, -0.1) is 0 Å². The Morgan fingerprint density at radius 1 is 1.33 bits per heavy atom. The first-order valence-electron chi connectivity index (χ1n) is 7.49. The zero-order chi connectivity index (χ0) is 17.9. The van der Waals surface area contributed by atoms with E-state index in [4.69, 9.17) is 9.47 Å². The number of carbonyl (C=O) groups is 3. The number of imide groups is 1. The molecular weight excluding hydrogens is 312 g/mol. The molecule has 7 heteroatoms. The van der Waals surface area contributed by atoms with Crippen LogP contribution in [0.5, 0.6) is 0 Å². The van der Waals surface area contributed by atoms with E-state index in [0.29, 0.717) is 11.3 Å². The third kappa shape index (κ3) is 3.98. The van der Waals surface area contributed by atoms with Crippen LogP contribution in [0.15, 0.2) is 30.0 Å². The van der Waals surface area contributed by atoms with Crippen LogP contribution in [0.4, 0.5) is 4.79 Å². The lowest BCUT2D eigenvalue weighted by molar-refractivity contribution is -0.148. The Labute approximate surface area is 140 Å². The van der Waals surface area contributed by atoms with Crippen molar-refractivity contribution in [1.82, 2.24) is 9.88 Å². The number of nitrogens with zero attached hydrogens (tertiary/aromatic N) is 2. The summed E-state index contributed by atoms with van der Waals surface area (Å²) in [6.07, 6.45) is 2.34. The second kappa shape index (κ2) is 6.82. The van der Waals surface area contributed by atoms with Crippen molar-refractivity contribution < 1.29 is 23.9 Å². The van der Waals surface area contributed by atoms with Gasteiger partial charge in [0.2, 0.25) is 0 Å². The molecule has 0 aliphatic carbocycles. The monoisotopic (exact) mass is 332 g/mol. The molecule has 7 nitrogen and oxygen atoms in total. The molecule has 0 aromatic carbocycles.